The molecule has 2 heterocycles. The third kappa shape index (κ3) is 2.80. The van der Waals surface area contributed by atoms with E-state index < -0.39 is 46.5 Å². The Morgan fingerprint density at radius 1 is 1.27 bits per heavy atom. The summed E-state index contributed by atoms with van der Waals surface area (Å²) in [5.74, 6) is -2.21. The van der Waals surface area contributed by atoms with E-state index in [1.54, 1.807) is 27.7 Å². The molecule has 0 N–H and O–H groups in total. The molecule has 0 aliphatic carbocycles. The standard InChI is InChI=1S/C14H20FNO5S/c1-6(2)12(18)20-7(3)21-13(19)9-14(4,5)22-11-8(15)10(17)16(9)11/h6-9,11H,1-5H3/t7?,8-,9+,11-/m1/s1. The molecule has 1 unspecified atom stereocenters. The first-order valence-electron chi connectivity index (χ1n) is 7.11. The van der Waals surface area contributed by atoms with Crippen LogP contribution in [0.4, 0.5) is 4.39 Å². The summed E-state index contributed by atoms with van der Waals surface area (Å²) in [5, 5.41) is -0.645. The fourth-order valence-electron chi connectivity index (χ4n) is 2.50. The predicted molar refractivity (Wildman–Crippen MR) is 77.5 cm³/mol. The van der Waals surface area contributed by atoms with Crippen LogP contribution in [0.25, 0.3) is 0 Å². The van der Waals surface area contributed by atoms with Crippen LogP contribution in [0.1, 0.15) is 34.6 Å². The molecular weight excluding hydrogens is 313 g/mol. The Labute approximate surface area is 132 Å². The largest absolute Gasteiger partial charge is 0.425 e. The second-order valence-electron chi connectivity index (χ2n) is 6.26. The van der Waals surface area contributed by atoms with Gasteiger partial charge in [0.2, 0.25) is 12.5 Å². The molecule has 6 nitrogen and oxygen atoms in total. The lowest BCUT2D eigenvalue weighted by Crippen LogP contribution is -2.64. The summed E-state index contributed by atoms with van der Waals surface area (Å²) in [6.45, 7) is 8.27. The Morgan fingerprint density at radius 2 is 1.86 bits per heavy atom. The first-order valence-corrected chi connectivity index (χ1v) is 7.99. The van der Waals surface area contributed by atoms with Gasteiger partial charge in [-0.3, -0.25) is 9.59 Å². The average molecular weight is 333 g/mol. The number of hydrogen-bond donors (Lipinski definition) is 0. The van der Waals surface area contributed by atoms with Crippen LogP contribution in [0.15, 0.2) is 0 Å². The van der Waals surface area contributed by atoms with Gasteiger partial charge < -0.3 is 14.4 Å². The Hall–Kier alpha value is -1.31. The van der Waals surface area contributed by atoms with Crippen molar-refractivity contribution in [1.29, 1.82) is 0 Å². The lowest BCUT2D eigenvalue weighted by Gasteiger charge is -2.39. The zero-order valence-corrected chi connectivity index (χ0v) is 14.0. The van der Waals surface area contributed by atoms with Crippen LogP contribution in [-0.4, -0.2) is 51.4 Å². The highest BCUT2D eigenvalue weighted by Crippen LogP contribution is 2.51. The third-order valence-corrected chi connectivity index (χ3v) is 5.17. The van der Waals surface area contributed by atoms with Gasteiger partial charge in [-0.2, -0.15) is 0 Å². The lowest BCUT2D eigenvalue weighted by molar-refractivity contribution is -0.194. The number of alkyl halides is 1. The number of β-lactam (4-membered cyclic amide) rings is 1. The van der Waals surface area contributed by atoms with Crippen LogP contribution >= 0.6 is 11.8 Å². The van der Waals surface area contributed by atoms with Gasteiger partial charge in [-0.15, -0.1) is 11.8 Å². The van der Waals surface area contributed by atoms with Crippen molar-refractivity contribution in [3.8, 4) is 0 Å². The van der Waals surface area contributed by atoms with E-state index in [1.807, 2.05) is 0 Å². The van der Waals surface area contributed by atoms with E-state index in [2.05, 4.69) is 0 Å². The Bertz CT molecular complexity index is 509. The monoisotopic (exact) mass is 333 g/mol. The fourth-order valence-corrected chi connectivity index (χ4v) is 4.04. The number of esters is 2. The van der Waals surface area contributed by atoms with Gasteiger partial charge in [0.1, 0.15) is 11.4 Å². The van der Waals surface area contributed by atoms with Gasteiger partial charge >= 0.3 is 11.9 Å². The first kappa shape index (κ1) is 17.1. The van der Waals surface area contributed by atoms with Crippen LogP contribution in [0.2, 0.25) is 0 Å². The van der Waals surface area contributed by atoms with Gasteiger partial charge in [0, 0.05) is 11.7 Å². The fraction of sp³-hybridized carbons (Fsp3) is 0.786. The molecule has 22 heavy (non-hydrogen) atoms. The topological polar surface area (TPSA) is 72.9 Å². The number of thioether (sulfide) groups is 1. The van der Waals surface area contributed by atoms with Crippen LogP contribution < -0.4 is 0 Å². The summed E-state index contributed by atoms with van der Waals surface area (Å²) in [4.78, 5) is 36.7. The molecule has 2 aliphatic heterocycles. The van der Waals surface area contributed by atoms with Gasteiger partial charge in [0.15, 0.2) is 0 Å². The Balaban J connectivity index is 2.03. The van der Waals surface area contributed by atoms with Crippen LogP contribution in [0.5, 0.6) is 0 Å². The van der Waals surface area contributed by atoms with Gasteiger partial charge in [0.25, 0.3) is 5.91 Å². The zero-order chi connectivity index (χ0) is 16.8. The summed E-state index contributed by atoms with van der Waals surface area (Å²) in [5.41, 5.74) is 0. The van der Waals surface area contributed by atoms with E-state index in [9.17, 15) is 18.8 Å². The predicted octanol–water partition coefficient (Wildman–Crippen LogP) is 1.48. The molecule has 1 amide bonds. The van der Waals surface area contributed by atoms with Crippen molar-refractivity contribution in [3.05, 3.63) is 0 Å². The van der Waals surface area contributed by atoms with Gasteiger partial charge in [-0.25, -0.2) is 9.18 Å². The van der Waals surface area contributed by atoms with Gasteiger partial charge in [-0.1, -0.05) is 13.8 Å². The van der Waals surface area contributed by atoms with E-state index in [-0.39, 0.29) is 5.92 Å². The van der Waals surface area contributed by atoms with E-state index >= 15 is 0 Å². The lowest BCUT2D eigenvalue weighted by atomic mass is 9.97. The molecule has 4 atom stereocenters. The number of fused-ring (bicyclic) bond motifs is 1. The molecule has 0 saturated carbocycles. The van der Waals surface area contributed by atoms with E-state index in [1.165, 1.54) is 23.6 Å². The Kier molecular flexibility index (Phi) is 4.43. The summed E-state index contributed by atoms with van der Waals surface area (Å²) < 4.78 is 23.0. The van der Waals surface area contributed by atoms with E-state index in [0.29, 0.717) is 0 Å². The van der Waals surface area contributed by atoms with Crippen molar-refractivity contribution >= 4 is 29.6 Å². The number of carbonyl (C=O) groups is 3. The molecule has 8 heteroatoms. The van der Waals surface area contributed by atoms with Crippen molar-refractivity contribution in [3.63, 3.8) is 0 Å². The molecule has 2 aliphatic rings. The van der Waals surface area contributed by atoms with E-state index in [0.717, 1.165) is 0 Å². The highest BCUT2D eigenvalue weighted by atomic mass is 32.2. The van der Waals surface area contributed by atoms with Crippen molar-refractivity contribution in [2.75, 3.05) is 0 Å². The molecule has 2 saturated heterocycles. The van der Waals surface area contributed by atoms with Crippen LogP contribution in [0, 0.1) is 5.92 Å². The molecule has 0 radical (unpaired) electrons. The smallest absolute Gasteiger partial charge is 0.333 e. The summed E-state index contributed by atoms with van der Waals surface area (Å²) in [7, 11) is 0. The molecular formula is C14H20FNO5S. The number of hydrogen-bond acceptors (Lipinski definition) is 6. The normalized spacial score (nSPS) is 30.6. The second-order valence-corrected chi connectivity index (χ2v) is 8.03. The maximum Gasteiger partial charge on any atom is 0.333 e. The number of amides is 1. The molecule has 2 rings (SSSR count). The summed E-state index contributed by atoms with van der Waals surface area (Å²) >= 11 is 1.23. The third-order valence-electron chi connectivity index (χ3n) is 3.63. The first-order chi connectivity index (χ1) is 10.1. The van der Waals surface area contributed by atoms with Gasteiger partial charge in [0.05, 0.1) is 5.92 Å². The quantitative estimate of drug-likeness (QED) is 0.441. The maximum atomic E-state index is 13.5. The molecule has 2 fully saturated rings. The number of carbonyl (C=O) groups excluding carboxylic acids is 3. The van der Waals surface area contributed by atoms with Crippen molar-refractivity contribution in [2.24, 2.45) is 5.92 Å². The van der Waals surface area contributed by atoms with Gasteiger partial charge in [-0.05, 0) is 13.8 Å². The van der Waals surface area contributed by atoms with Crippen molar-refractivity contribution < 1.29 is 28.2 Å². The van der Waals surface area contributed by atoms with Crippen molar-refractivity contribution in [1.82, 2.24) is 4.90 Å². The number of halogens is 1. The minimum Gasteiger partial charge on any atom is -0.425 e. The summed E-state index contributed by atoms with van der Waals surface area (Å²) in [6, 6.07) is -0.887. The SMILES string of the molecule is CC(OC(=O)C(C)C)OC(=O)[C@@H]1N2C(=O)[C@@H](F)[C@H]2SC1(C)C. The molecule has 0 spiro atoms. The molecule has 0 aromatic heterocycles. The van der Waals surface area contributed by atoms with Crippen molar-refractivity contribution in [2.45, 2.75) is 63.2 Å². The maximum absolute atomic E-state index is 13.5. The second kappa shape index (κ2) is 5.72. The number of nitrogens with zero attached hydrogens (tertiary/aromatic N) is 1. The number of ether oxygens (including phenoxy) is 2. The molecule has 124 valence electrons. The van der Waals surface area contributed by atoms with Crippen LogP contribution in [-0.2, 0) is 23.9 Å². The highest BCUT2D eigenvalue weighted by molar-refractivity contribution is 8.01. The van der Waals surface area contributed by atoms with Crippen LogP contribution in [0.3, 0.4) is 0 Å². The molecule has 0 aromatic rings. The Morgan fingerprint density at radius 3 is 2.41 bits per heavy atom. The molecule has 0 aromatic carbocycles. The summed E-state index contributed by atoms with van der Waals surface area (Å²) in [6.07, 6.45) is -2.63. The highest BCUT2D eigenvalue weighted by Gasteiger charge is 2.64. The minimum atomic E-state index is -1.57. The zero-order valence-electron chi connectivity index (χ0n) is 13.2. The molecule has 0 bridgehead atoms. The van der Waals surface area contributed by atoms with E-state index in [4.69, 9.17) is 9.47 Å². The average Bonchev–Trinajstić information content (AvgIpc) is 2.66. The number of rotatable bonds is 4. The minimum absolute atomic E-state index is 0.340.